The second-order valence-electron chi connectivity index (χ2n) is 9.65. The van der Waals surface area contributed by atoms with Crippen LogP contribution in [0, 0.1) is 18.7 Å². The summed E-state index contributed by atoms with van der Waals surface area (Å²) >= 11 is 0. The standard InChI is InChI=1S/C28H30FN3O4S/c1-19-27(26(36-31-19)14-13-21-8-3-5-11-24(21)29)37(34,35)32-17-15-22(16-18-32)28(33)30-25-12-6-9-20-7-2-4-10-23(20)25/h2-5,7-8,10-11,13-14,22,25H,6,9,12,15-18H2,1H3,(H,30,33). The van der Waals surface area contributed by atoms with Gasteiger partial charge in [0.05, 0.1) is 6.04 Å². The molecule has 1 unspecified atom stereocenters. The summed E-state index contributed by atoms with van der Waals surface area (Å²) in [6.07, 6.45) is 6.73. The maximum atomic E-state index is 14.0. The molecule has 2 aromatic carbocycles. The van der Waals surface area contributed by atoms with E-state index in [1.54, 1.807) is 25.1 Å². The summed E-state index contributed by atoms with van der Waals surface area (Å²) in [6, 6.07) is 14.4. The third kappa shape index (κ3) is 5.24. The monoisotopic (exact) mass is 523 g/mol. The molecule has 2 aliphatic rings. The highest BCUT2D eigenvalue weighted by molar-refractivity contribution is 7.89. The van der Waals surface area contributed by atoms with Gasteiger partial charge in [0.15, 0.2) is 10.7 Å². The average Bonchev–Trinajstić information content (AvgIpc) is 3.29. The van der Waals surface area contributed by atoms with E-state index in [1.165, 1.54) is 33.7 Å². The van der Waals surface area contributed by atoms with Crippen LogP contribution in [0.3, 0.4) is 0 Å². The lowest BCUT2D eigenvalue weighted by molar-refractivity contribution is -0.127. The van der Waals surface area contributed by atoms with Gasteiger partial charge in [-0.3, -0.25) is 4.79 Å². The number of hydrogen-bond acceptors (Lipinski definition) is 5. The molecule has 5 rings (SSSR count). The lowest BCUT2D eigenvalue weighted by Crippen LogP contribution is -2.44. The number of rotatable bonds is 6. The Morgan fingerprint density at radius 2 is 1.81 bits per heavy atom. The van der Waals surface area contributed by atoms with Gasteiger partial charge in [0.1, 0.15) is 11.5 Å². The van der Waals surface area contributed by atoms with Crippen LogP contribution in [0.25, 0.3) is 12.2 Å². The predicted molar refractivity (Wildman–Crippen MR) is 138 cm³/mol. The maximum absolute atomic E-state index is 14.0. The summed E-state index contributed by atoms with van der Waals surface area (Å²) in [5, 5.41) is 7.06. The van der Waals surface area contributed by atoms with Crippen molar-refractivity contribution in [3.8, 4) is 0 Å². The van der Waals surface area contributed by atoms with E-state index in [9.17, 15) is 17.6 Å². The minimum absolute atomic E-state index is 0.00247. The first-order valence-electron chi connectivity index (χ1n) is 12.6. The molecular weight excluding hydrogens is 493 g/mol. The van der Waals surface area contributed by atoms with Gasteiger partial charge in [0.25, 0.3) is 0 Å². The molecule has 1 amide bonds. The Labute approximate surface area is 216 Å². The molecule has 1 aromatic heterocycles. The summed E-state index contributed by atoms with van der Waals surface area (Å²) in [4.78, 5) is 13.0. The van der Waals surface area contributed by atoms with Crippen molar-refractivity contribution in [1.82, 2.24) is 14.8 Å². The molecular formula is C28H30FN3O4S. The number of piperidine rings is 1. The lowest BCUT2D eigenvalue weighted by Gasteiger charge is -2.32. The Hall–Kier alpha value is -3.30. The van der Waals surface area contributed by atoms with Crippen molar-refractivity contribution in [3.63, 3.8) is 0 Å². The lowest BCUT2D eigenvalue weighted by atomic mass is 9.87. The zero-order valence-corrected chi connectivity index (χ0v) is 21.5. The van der Waals surface area contributed by atoms with E-state index in [2.05, 4.69) is 22.6 Å². The van der Waals surface area contributed by atoms with Crippen LogP contribution in [0.4, 0.5) is 4.39 Å². The van der Waals surface area contributed by atoms with Crippen LogP contribution in [0.5, 0.6) is 0 Å². The molecule has 9 heteroatoms. The van der Waals surface area contributed by atoms with Crippen molar-refractivity contribution >= 4 is 28.1 Å². The molecule has 37 heavy (non-hydrogen) atoms. The first-order valence-corrected chi connectivity index (χ1v) is 14.1. The highest BCUT2D eigenvalue weighted by Gasteiger charge is 2.36. The van der Waals surface area contributed by atoms with Crippen molar-refractivity contribution in [2.24, 2.45) is 5.92 Å². The van der Waals surface area contributed by atoms with Crippen LogP contribution in [-0.2, 0) is 21.2 Å². The van der Waals surface area contributed by atoms with Gasteiger partial charge in [0.2, 0.25) is 15.9 Å². The molecule has 194 valence electrons. The highest BCUT2D eigenvalue weighted by Crippen LogP contribution is 2.32. The summed E-state index contributed by atoms with van der Waals surface area (Å²) in [5.74, 6) is -0.633. The number of nitrogens with one attached hydrogen (secondary N) is 1. The van der Waals surface area contributed by atoms with Gasteiger partial charge in [-0.05, 0) is 68.4 Å². The molecule has 0 radical (unpaired) electrons. The van der Waals surface area contributed by atoms with Crippen LogP contribution in [-0.4, -0.2) is 36.9 Å². The third-order valence-electron chi connectivity index (χ3n) is 7.26. The molecule has 1 aliphatic heterocycles. The summed E-state index contributed by atoms with van der Waals surface area (Å²) < 4.78 is 47.7. The van der Waals surface area contributed by atoms with Crippen molar-refractivity contribution in [2.45, 2.75) is 50.0 Å². The normalized spacial score (nSPS) is 19.1. The summed E-state index contributed by atoms with van der Waals surface area (Å²) in [7, 11) is -3.91. The number of benzene rings is 2. The highest BCUT2D eigenvalue weighted by atomic mass is 32.2. The number of halogens is 1. The number of hydrogen-bond donors (Lipinski definition) is 1. The Morgan fingerprint density at radius 3 is 2.59 bits per heavy atom. The molecule has 0 saturated carbocycles. The molecule has 7 nitrogen and oxygen atoms in total. The molecule has 3 aromatic rings. The van der Waals surface area contributed by atoms with Crippen LogP contribution < -0.4 is 5.32 Å². The van der Waals surface area contributed by atoms with Gasteiger partial charge < -0.3 is 9.84 Å². The molecule has 1 saturated heterocycles. The molecule has 0 spiro atoms. The molecule has 1 fully saturated rings. The van der Waals surface area contributed by atoms with Crippen LogP contribution in [0.15, 0.2) is 57.9 Å². The Morgan fingerprint density at radius 1 is 1.08 bits per heavy atom. The van der Waals surface area contributed by atoms with E-state index in [0.717, 1.165) is 19.3 Å². The number of carbonyl (C=O) groups excluding carboxylic acids is 1. The minimum atomic E-state index is -3.91. The zero-order chi connectivity index (χ0) is 26.0. The number of aromatic nitrogens is 1. The smallest absolute Gasteiger partial charge is 0.248 e. The topological polar surface area (TPSA) is 92.5 Å². The van der Waals surface area contributed by atoms with Gasteiger partial charge in [-0.25, -0.2) is 12.8 Å². The first-order chi connectivity index (χ1) is 17.8. The maximum Gasteiger partial charge on any atom is 0.248 e. The van der Waals surface area contributed by atoms with E-state index < -0.39 is 15.8 Å². The Balaban J connectivity index is 1.26. The van der Waals surface area contributed by atoms with Crippen molar-refractivity contribution in [1.29, 1.82) is 0 Å². The summed E-state index contributed by atoms with van der Waals surface area (Å²) in [6.45, 7) is 2.02. The molecule has 1 atom stereocenters. The van der Waals surface area contributed by atoms with E-state index in [0.29, 0.717) is 18.4 Å². The van der Waals surface area contributed by atoms with Crippen molar-refractivity contribution in [3.05, 3.63) is 82.5 Å². The van der Waals surface area contributed by atoms with Gasteiger partial charge in [-0.2, -0.15) is 4.31 Å². The number of sulfonamides is 1. The predicted octanol–water partition coefficient (Wildman–Crippen LogP) is 4.89. The van der Waals surface area contributed by atoms with Crippen LogP contribution >= 0.6 is 0 Å². The second-order valence-corrected chi connectivity index (χ2v) is 11.5. The van der Waals surface area contributed by atoms with Crippen LogP contribution in [0.2, 0.25) is 0 Å². The van der Waals surface area contributed by atoms with E-state index >= 15 is 0 Å². The fraction of sp³-hybridized carbons (Fsp3) is 0.357. The fourth-order valence-corrected chi connectivity index (χ4v) is 6.98. The number of aryl methyl sites for hydroxylation is 2. The second kappa shape index (κ2) is 10.6. The van der Waals surface area contributed by atoms with Crippen molar-refractivity contribution in [2.75, 3.05) is 13.1 Å². The zero-order valence-electron chi connectivity index (χ0n) is 20.7. The van der Waals surface area contributed by atoms with E-state index in [-0.39, 0.29) is 47.3 Å². The average molecular weight is 524 g/mol. The molecule has 1 N–H and O–H groups in total. The van der Waals surface area contributed by atoms with E-state index in [4.69, 9.17) is 4.52 Å². The van der Waals surface area contributed by atoms with Gasteiger partial charge in [-0.15, -0.1) is 0 Å². The number of carbonyl (C=O) groups is 1. The Kier molecular flexibility index (Phi) is 7.26. The number of nitrogens with zero attached hydrogens (tertiary/aromatic N) is 2. The van der Waals surface area contributed by atoms with Gasteiger partial charge in [-0.1, -0.05) is 47.6 Å². The molecule has 2 heterocycles. The van der Waals surface area contributed by atoms with Gasteiger partial charge in [0, 0.05) is 24.6 Å². The Bertz CT molecular complexity index is 1420. The van der Waals surface area contributed by atoms with Crippen molar-refractivity contribution < 1.29 is 22.1 Å². The SMILES string of the molecule is Cc1noc(C=Cc2ccccc2F)c1S(=O)(=O)N1CCC(C(=O)NC2CCCc3ccccc32)CC1. The third-order valence-corrected chi connectivity index (χ3v) is 9.32. The quantitative estimate of drug-likeness (QED) is 0.497. The molecule has 1 aliphatic carbocycles. The molecule has 0 bridgehead atoms. The van der Waals surface area contributed by atoms with E-state index in [1.807, 2.05) is 12.1 Å². The summed E-state index contributed by atoms with van der Waals surface area (Å²) in [5.41, 5.74) is 3.02. The van der Waals surface area contributed by atoms with Gasteiger partial charge >= 0.3 is 0 Å². The first kappa shape index (κ1) is 25.4. The van der Waals surface area contributed by atoms with Crippen LogP contribution in [0.1, 0.15) is 59.9 Å². The fourth-order valence-electron chi connectivity index (χ4n) is 5.26. The number of fused-ring (bicyclic) bond motifs is 1. The number of amides is 1. The minimum Gasteiger partial charge on any atom is -0.355 e. The largest absolute Gasteiger partial charge is 0.355 e.